The Bertz CT molecular complexity index is 1430. The molecule has 2 aliphatic heterocycles. The largest absolute Gasteiger partial charge is 0.349 e. The SMILES string of the molecule is C=CCN1C(=O)NC(c2cccc(F)c2)C2=C1CN(C(Cc1ccccc1)C(=O)NCc1ccccn1)C2=O. The molecule has 2 N–H and O–H groups in total. The number of benzene rings is 2. The Morgan fingerprint density at radius 2 is 1.92 bits per heavy atom. The molecule has 2 atom stereocenters. The summed E-state index contributed by atoms with van der Waals surface area (Å²) in [6.45, 7) is 4.17. The number of urea groups is 1. The molecule has 198 valence electrons. The van der Waals surface area contributed by atoms with Gasteiger partial charge in [-0.3, -0.25) is 19.5 Å². The third-order valence-corrected chi connectivity index (χ3v) is 6.86. The van der Waals surface area contributed by atoms with Crippen molar-refractivity contribution in [2.24, 2.45) is 0 Å². The number of hydrogen-bond acceptors (Lipinski definition) is 4. The Kier molecular flexibility index (Phi) is 7.49. The van der Waals surface area contributed by atoms with Gasteiger partial charge in [0.2, 0.25) is 5.91 Å². The molecule has 0 spiro atoms. The van der Waals surface area contributed by atoms with Crippen LogP contribution in [0.5, 0.6) is 0 Å². The maximum absolute atomic E-state index is 14.1. The van der Waals surface area contributed by atoms with E-state index in [-0.39, 0.29) is 37.9 Å². The van der Waals surface area contributed by atoms with Crippen molar-refractivity contribution in [1.82, 2.24) is 25.4 Å². The molecule has 0 saturated carbocycles. The van der Waals surface area contributed by atoms with E-state index in [1.165, 1.54) is 28.0 Å². The summed E-state index contributed by atoms with van der Waals surface area (Å²) >= 11 is 0. The first kappa shape index (κ1) is 25.8. The first-order chi connectivity index (χ1) is 19.0. The Balaban J connectivity index is 1.49. The van der Waals surface area contributed by atoms with E-state index in [0.29, 0.717) is 22.5 Å². The van der Waals surface area contributed by atoms with Crippen molar-refractivity contribution in [2.75, 3.05) is 13.1 Å². The monoisotopic (exact) mass is 525 g/mol. The molecule has 3 heterocycles. The number of nitrogens with one attached hydrogen (secondary N) is 2. The van der Waals surface area contributed by atoms with Crippen LogP contribution in [0, 0.1) is 5.82 Å². The van der Waals surface area contributed by atoms with Gasteiger partial charge in [0, 0.05) is 19.2 Å². The van der Waals surface area contributed by atoms with Gasteiger partial charge in [-0.15, -0.1) is 6.58 Å². The summed E-state index contributed by atoms with van der Waals surface area (Å²) in [5.74, 6) is -1.20. The zero-order valence-electron chi connectivity index (χ0n) is 21.2. The Hall–Kier alpha value is -4.79. The van der Waals surface area contributed by atoms with Crippen LogP contribution in [0.4, 0.5) is 9.18 Å². The molecule has 0 saturated heterocycles. The van der Waals surface area contributed by atoms with Crippen molar-refractivity contribution >= 4 is 17.8 Å². The predicted molar refractivity (Wildman–Crippen MR) is 143 cm³/mol. The molecule has 0 fully saturated rings. The van der Waals surface area contributed by atoms with E-state index in [0.717, 1.165) is 5.56 Å². The number of carbonyl (C=O) groups is 3. The number of nitrogens with zero attached hydrogens (tertiary/aromatic N) is 3. The van der Waals surface area contributed by atoms with Crippen LogP contribution in [0.2, 0.25) is 0 Å². The zero-order valence-corrected chi connectivity index (χ0v) is 21.2. The topological polar surface area (TPSA) is 94.6 Å². The van der Waals surface area contributed by atoms with Crippen LogP contribution in [0.15, 0.2) is 103 Å². The standard InChI is InChI=1S/C30H28FN5O3/c1-2-15-35-25-19-36(29(38)26(25)27(34-30(35)39)21-11-8-12-22(31)17-21)24(16-20-9-4-3-5-10-20)28(37)33-18-23-13-6-7-14-32-23/h2-14,17,24,27H,1,15-16,18-19H2,(H,33,37)(H,34,39). The van der Waals surface area contributed by atoms with Gasteiger partial charge in [0.25, 0.3) is 5.91 Å². The fourth-order valence-corrected chi connectivity index (χ4v) is 5.00. The van der Waals surface area contributed by atoms with Crippen LogP contribution in [-0.4, -0.2) is 51.8 Å². The smallest absolute Gasteiger partial charge is 0.322 e. The molecular weight excluding hydrogens is 497 g/mol. The second-order valence-electron chi connectivity index (χ2n) is 9.37. The summed E-state index contributed by atoms with van der Waals surface area (Å²) in [5.41, 5.74) is 2.81. The van der Waals surface area contributed by atoms with E-state index < -0.39 is 23.9 Å². The zero-order chi connectivity index (χ0) is 27.4. The average molecular weight is 526 g/mol. The Morgan fingerprint density at radius 3 is 2.64 bits per heavy atom. The van der Waals surface area contributed by atoms with Crippen molar-refractivity contribution in [1.29, 1.82) is 0 Å². The molecule has 5 rings (SSSR count). The predicted octanol–water partition coefficient (Wildman–Crippen LogP) is 3.50. The van der Waals surface area contributed by atoms with E-state index in [1.54, 1.807) is 24.4 Å². The molecule has 1 aromatic heterocycles. The lowest BCUT2D eigenvalue weighted by atomic mass is 9.95. The van der Waals surface area contributed by atoms with Crippen LogP contribution in [-0.2, 0) is 22.6 Å². The van der Waals surface area contributed by atoms with Crippen molar-refractivity contribution in [3.63, 3.8) is 0 Å². The molecule has 8 nitrogen and oxygen atoms in total. The molecule has 4 amide bonds. The van der Waals surface area contributed by atoms with E-state index in [4.69, 9.17) is 0 Å². The van der Waals surface area contributed by atoms with Gasteiger partial charge in [0.05, 0.1) is 36.1 Å². The van der Waals surface area contributed by atoms with Crippen molar-refractivity contribution in [3.8, 4) is 0 Å². The summed E-state index contributed by atoms with van der Waals surface area (Å²) < 4.78 is 14.1. The second-order valence-corrected chi connectivity index (χ2v) is 9.37. The van der Waals surface area contributed by atoms with Gasteiger partial charge in [-0.2, -0.15) is 0 Å². The average Bonchev–Trinajstić information content (AvgIpc) is 3.29. The summed E-state index contributed by atoms with van der Waals surface area (Å²) in [6, 6.07) is 18.6. The number of pyridine rings is 1. The lowest BCUT2D eigenvalue weighted by molar-refractivity contribution is -0.136. The number of carbonyl (C=O) groups excluding carboxylic acids is 3. The first-order valence-corrected chi connectivity index (χ1v) is 12.7. The number of amides is 4. The quantitative estimate of drug-likeness (QED) is 0.418. The normalized spacial score (nSPS) is 17.5. The molecule has 0 bridgehead atoms. The lowest BCUT2D eigenvalue weighted by Gasteiger charge is -2.33. The number of aromatic nitrogens is 1. The van der Waals surface area contributed by atoms with Crippen molar-refractivity contribution in [3.05, 3.63) is 126 Å². The third kappa shape index (κ3) is 5.43. The molecule has 9 heteroatoms. The summed E-state index contributed by atoms with van der Waals surface area (Å²) in [5, 5.41) is 5.76. The van der Waals surface area contributed by atoms with Gasteiger partial charge in [-0.1, -0.05) is 54.6 Å². The van der Waals surface area contributed by atoms with Crippen LogP contribution in [0.1, 0.15) is 22.9 Å². The van der Waals surface area contributed by atoms with E-state index >= 15 is 0 Å². The Morgan fingerprint density at radius 1 is 1.13 bits per heavy atom. The highest BCUT2D eigenvalue weighted by atomic mass is 19.1. The van der Waals surface area contributed by atoms with Crippen LogP contribution < -0.4 is 10.6 Å². The minimum atomic E-state index is -0.858. The first-order valence-electron chi connectivity index (χ1n) is 12.7. The van der Waals surface area contributed by atoms with Crippen LogP contribution in [0.25, 0.3) is 0 Å². The second kappa shape index (κ2) is 11.3. The molecule has 0 aliphatic carbocycles. The van der Waals surface area contributed by atoms with E-state index in [9.17, 15) is 18.8 Å². The highest BCUT2D eigenvalue weighted by Gasteiger charge is 2.47. The minimum Gasteiger partial charge on any atom is -0.349 e. The van der Waals surface area contributed by atoms with Crippen molar-refractivity contribution < 1.29 is 18.8 Å². The van der Waals surface area contributed by atoms with Gasteiger partial charge in [0.1, 0.15) is 11.9 Å². The van der Waals surface area contributed by atoms with Gasteiger partial charge in [0.15, 0.2) is 0 Å². The molecule has 3 aromatic rings. The fourth-order valence-electron chi connectivity index (χ4n) is 5.00. The molecule has 2 aliphatic rings. The molecule has 39 heavy (non-hydrogen) atoms. The molecule has 2 aromatic carbocycles. The maximum atomic E-state index is 14.1. The van der Waals surface area contributed by atoms with Crippen LogP contribution >= 0.6 is 0 Å². The number of rotatable bonds is 9. The summed E-state index contributed by atoms with van der Waals surface area (Å²) in [4.78, 5) is 48.0. The third-order valence-electron chi connectivity index (χ3n) is 6.86. The number of halogens is 1. The van der Waals surface area contributed by atoms with Gasteiger partial charge in [-0.05, 0) is 35.4 Å². The Labute approximate surface area is 225 Å². The lowest BCUT2D eigenvalue weighted by Crippen LogP contribution is -2.49. The van der Waals surface area contributed by atoms with Gasteiger partial charge < -0.3 is 15.5 Å². The van der Waals surface area contributed by atoms with E-state index in [1.807, 2.05) is 42.5 Å². The fraction of sp³-hybridized carbons (Fsp3) is 0.200. The molecular formula is C30H28FN5O3. The highest BCUT2D eigenvalue weighted by molar-refractivity contribution is 6.03. The van der Waals surface area contributed by atoms with E-state index in [2.05, 4.69) is 22.2 Å². The number of hydrogen-bond donors (Lipinski definition) is 2. The van der Waals surface area contributed by atoms with Gasteiger partial charge in [-0.25, -0.2) is 9.18 Å². The molecule has 0 radical (unpaired) electrons. The maximum Gasteiger partial charge on any atom is 0.322 e. The van der Waals surface area contributed by atoms with Crippen molar-refractivity contribution in [2.45, 2.75) is 25.0 Å². The summed E-state index contributed by atoms with van der Waals surface area (Å²) in [7, 11) is 0. The van der Waals surface area contributed by atoms with Gasteiger partial charge >= 0.3 is 6.03 Å². The van der Waals surface area contributed by atoms with Crippen LogP contribution in [0.3, 0.4) is 0 Å². The summed E-state index contributed by atoms with van der Waals surface area (Å²) in [6.07, 6.45) is 3.49. The molecule has 2 unspecified atom stereocenters. The minimum absolute atomic E-state index is 0.0513. The highest BCUT2D eigenvalue weighted by Crippen LogP contribution is 2.37.